The van der Waals surface area contributed by atoms with Crippen molar-refractivity contribution in [3.8, 4) is 0 Å². The molecule has 0 aromatic heterocycles. The monoisotopic (exact) mass is 374 g/mol. The maximum atomic E-state index is 12.3. The highest BCUT2D eigenvalue weighted by Gasteiger charge is 2.15. The lowest BCUT2D eigenvalue weighted by molar-refractivity contribution is 0.596. The molecule has 0 heterocycles. The van der Waals surface area contributed by atoms with Crippen LogP contribution in [0.25, 0.3) is 0 Å². The predicted molar refractivity (Wildman–Crippen MR) is 90.3 cm³/mol. The summed E-state index contributed by atoms with van der Waals surface area (Å²) in [6, 6.07) is 10.4. The second kappa shape index (κ2) is 6.48. The van der Waals surface area contributed by atoms with Gasteiger partial charge in [0.2, 0.25) is 10.0 Å². The van der Waals surface area contributed by atoms with Crippen molar-refractivity contribution < 1.29 is 16.8 Å². The fourth-order valence-corrected chi connectivity index (χ4v) is 3.84. The van der Waals surface area contributed by atoms with E-state index < -0.39 is 20.0 Å². The SMILES string of the molecule is Cc1ccc(S(=O)(=O)Nc2ccc(CS(N)(=O)=O)cc2)cc1Cl. The largest absolute Gasteiger partial charge is 0.280 e. The molecule has 0 saturated carbocycles. The summed E-state index contributed by atoms with van der Waals surface area (Å²) in [5.74, 6) is -0.312. The Kier molecular flexibility index (Phi) is 5.00. The van der Waals surface area contributed by atoms with Crippen LogP contribution < -0.4 is 9.86 Å². The summed E-state index contributed by atoms with van der Waals surface area (Å²) in [4.78, 5) is 0.0433. The minimum absolute atomic E-state index is 0.0433. The second-order valence-corrected chi connectivity index (χ2v) is 8.72. The molecule has 0 spiro atoms. The number of hydrogen-bond donors (Lipinski definition) is 2. The van der Waals surface area contributed by atoms with Crippen molar-refractivity contribution in [2.24, 2.45) is 5.14 Å². The van der Waals surface area contributed by atoms with Crippen LogP contribution in [0.2, 0.25) is 5.02 Å². The standard InChI is InChI=1S/C14H15ClN2O4S2/c1-10-2-7-13(8-14(10)15)23(20,21)17-12-5-3-11(4-6-12)9-22(16,18)19/h2-8,17H,9H2,1H3,(H2,16,18,19). The summed E-state index contributed by atoms with van der Waals surface area (Å²) < 4.78 is 49.0. The molecule has 0 radical (unpaired) electrons. The van der Waals surface area contributed by atoms with Gasteiger partial charge in [0.1, 0.15) is 0 Å². The molecule has 0 unspecified atom stereocenters. The first-order chi connectivity index (χ1) is 10.6. The van der Waals surface area contributed by atoms with E-state index in [2.05, 4.69) is 4.72 Å². The van der Waals surface area contributed by atoms with Crippen LogP contribution in [0.4, 0.5) is 5.69 Å². The molecule has 6 nitrogen and oxygen atoms in total. The van der Waals surface area contributed by atoms with Crippen LogP contribution >= 0.6 is 11.6 Å². The maximum absolute atomic E-state index is 12.3. The molecule has 0 aliphatic carbocycles. The molecule has 23 heavy (non-hydrogen) atoms. The maximum Gasteiger partial charge on any atom is 0.261 e. The quantitative estimate of drug-likeness (QED) is 0.836. The van der Waals surface area contributed by atoms with Gasteiger partial charge in [-0.15, -0.1) is 0 Å². The Morgan fingerprint density at radius 1 is 1.04 bits per heavy atom. The molecular weight excluding hydrogens is 360 g/mol. The van der Waals surface area contributed by atoms with Gasteiger partial charge < -0.3 is 0 Å². The Labute approximate surface area is 140 Å². The Hall–Kier alpha value is -1.61. The Morgan fingerprint density at radius 3 is 2.17 bits per heavy atom. The average Bonchev–Trinajstić information content (AvgIpc) is 2.42. The summed E-state index contributed by atoms with van der Waals surface area (Å²) in [5.41, 5.74) is 1.55. The molecule has 0 aliphatic rings. The third kappa shape index (κ3) is 4.93. The molecule has 0 amide bonds. The smallest absolute Gasteiger partial charge is 0.261 e. The van der Waals surface area contributed by atoms with Gasteiger partial charge in [-0.25, -0.2) is 22.0 Å². The molecule has 3 N–H and O–H groups in total. The van der Waals surface area contributed by atoms with E-state index in [9.17, 15) is 16.8 Å². The number of aryl methyl sites for hydroxylation is 1. The van der Waals surface area contributed by atoms with Gasteiger partial charge in [-0.3, -0.25) is 4.72 Å². The van der Waals surface area contributed by atoms with E-state index in [4.69, 9.17) is 16.7 Å². The fourth-order valence-electron chi connectivity index (χ4n) is 1.86. The van der Waals surface area contributed by atoms with E-state index in [1.165, 1.54) is 36.4 Å². The van der Waals surface area contributed by atoms with Crippen molar-refractivity contribution >= 4 is 37.3 Å². The second-order valence-electron chi connectivity index (χ2n) is 5.02. The highest BCUT2D eigenvalue weighted by molar-refractivity contribution is 7.92. The van der Waals surface area contributed by atoms with E-state index in [1.54, 1.807) is 13.0 Å². The number of sulfonamides is 2. The lowest BCUT2D eigenvalue weighted by Crippen LogP contribution is -2.15. The van der Waals surface area contributed by atoms with Gasteiger partial charge in [0.25, 0.3) is 10.0 Å². The van der Waals surface area contributed by atoms with E-state index in [-0.39, 0.29) is 10.6 Å². The average molecular weight is 375 g/mol. The van der Waals surface area contributed by atoms with Crippen molar-refractivity contribution in [3.63, 3.8) is 0 Å². The highest BCUT2D eigenvalue weighted by atomic mass is 35.5. The van der Waals surface area contributed by atoms with Crippen LogP contribution in [0.5, 0.6) is 0 Å². The zero-order chi connectivity index (χ0) is 17.3. The normalized spacial score (nSPS) is 12.1. The third-order valence-electron chi connectivity index (χ3n) is 3.03. The van der Waals surface area contributed by atoms with Crippen molar-refractivity contribution in [3.05, 3.63) is 58.6 Å². The number of nitrogens with one attached hydrogen (secondary N) is 1. The van der Waals surface area contributed by atoms with Gasteiger partial charge in [-0.1, -0.05) is 29.8 Å². The molecule has 0 atom stereocenters. The van der Waals surface area contributed by atoms with Gasteiger partial charge in [-0.2, -0.15) is 0 Å². The molecule has 0 aliphatic heterocycles. The minimum Gasteiger partial charge on any atom is -0.280 e. The summed E-state index contributed by atoms with van der Waals surface area (Å²) in [7, 11) is -7.41. The molecule has 124 valence electrons. The Morgan fingerprint density at radius 2 is 1.65 bits per heavy atom. The van der Waals surface area contributed by atoms with Crippen molar-refractivity contribution in [1.29, 1.82) is 0 Å². The van der Waals surface area contributed by atoms with Crippen molar-refractivity contribution in [2.75, 3.05) is 4.72 Å². The molecule has 9 heteroatoms. The van der Waals surface area contributed by atoms with Gasteiger partial charge in [0.15, 0.2) is 0 Å². The molecule has 2 rings (SSSR count). The number of primary sulfonamides is 1. The van der Waals surface area contributed by atoms with Crippen LogP contribution in [-0.2, 0) is 25.8 Å². The Bertz CT molecular complexity index is 924. The summed E-state index contributed by atoms with van der Waals surface area (Å²) in [6.45, 7) is 1.77. The lowest BCUT2D eigenvalue weighted by atomic mass is 10.2. The van der Waals surface area contributed by atoms with Crippen LogP contribution in [0, 0.1) is 6.92 Å². The molecule has 2 aromatic carbocycles. The first kappa shape index (κ1) is 17.7. The van der Waals surface area contributed by atoms with Gasteiger partial charge in [-0.05, 0) is 42.3 Å². The number of hydrogen-bond acceptors (Lipinski definition) is 4. The summed E-state index contributed by atoms with van der Waals surface area (Å²) >= 11 is 5.94. The first-order valence-electron chi connectivity index (χ1n) is 6.45. The van der Waals surface area contributed by atoms with Crippen LogP contribution in [-0.4, -0.2) is 16.8 Å². The lowest BCUT2D eigenvalue weighted by Gasteiger charge is -2.10. The van der Waals surface area contributed by atoms with Crippen LogP contribution in [0.15, 0.2) is 47.4 Å². The number of halogens is 1. The van der Waals surface area contributed by atoms with Gasteiger partial charge >= 0.3 is 0 Å². The minimum atomic E-state index is -3.78. The van der Waals surface area contributed by atoms with E-state index in [0.717, 1.165) is 5.56 Å². The first-order valence-corrected chi connectivity index (χ1v) is 10.0. The van der Waals surface area contributed by atoms with Gasteiger partial charge in [0, 0.05) is 10.7 Å². The highest BCUT2D eigenvalue weighted by Crippen LogP contribution is 2.22. The number of anilines is 1. The predicted octanol–water partition coefficient (Wildman–Crippen LogP) is 2.24. The molecule has 0 saturated heterocycles. The number of nitrogens with two attached hydrogens (primary N) is 1. The fraction of sp³-hybridized carbons (Fsp3) is 0.143. The molecule has 0 fully saturated rings. The van der Waals surface area contributed by atoms with E-state index in [1.807, 2.05) is 0 Å². The molecular formula is C14H15ClN2O4S2. The summed E-state index contributed by atoms with van der Waals surface area (Å²) in [5, 5.41) is 5.32. The van der Waals surface area contributed by atoms with E-state index in [0.29, 0.717) is 16.3 Å². The number of benzene rings is 2. The topological polar surface area (TPSA) is 106 Å². The van der Waals surface area contributed by atoms with Crippen LogP contribution in [0.3, 0.4) is 0 Å². The van der Waals surface area contributed by atoms with Gasteiger partial charge in [0.05, 0.1) is 10.6 Å². The van der Waals surface area contributed by atoms with Crippen molar-refractivity contribution in [2.45, 2.75) is 17.6 Å². The van der Waals surface area contributed by atoms with Crippen LogP contribution in [0.1, 0.15) is 11.1 Å². The third-order valence-corrected chi connectivity index (χ3v) is 5.55. The van der Waals surface area contributed by atoms with Crippen molar-refractivity contribution in [1.82, 2.24) is 0 Å². The number of rotatable bonds is 5. The summed E-state index contributed by atoms with van der Waals surface area (Å²) in [6.07, 6.45) is 0. The molecule has 2 aromatic rings. The molecule has 0 bridgehead atoms. The Balaban J connectivity index is 2.22. The zero-order valence-corrected chi connectivity index (χ0v) is 14.5. The van der Waals surface area contributed by atoms with E-state index >= 15 is 0 Å². The zero-order valence-electron chi connectivity index (χ0n) is 12.2.